The highest BCUT2D eigenvalue weighted by Gasteiger charge is 2.30. The molecule has 1 aromatic heterocycles. The Bertz CT molecular complexity index is 617. The van der Waals surface area contributed by atoms with Gasteiger partial charge in [-0.15, -0.1) is 5.10 Å². The normalized spacial score (nSPS) is 12.4. The van der Waals surface area contributed by atoms with Crippen molar-refractivity contribution in [2.45, 2.75) is 47.1 Å². The van der Waals surface area contributed by atoms with Gasteiger partial charge in [0.25, 0.3) is 0 Å². The predicted octanol–water partition coefficient (Wildman–Crippen LogP) is 2.91. The average molecular weight is 300 g/mol. The summed E-state index contributed by atoms with van der Waals surface area (Å²) in [5.41, 5.74) is 0.788. The van der Waals surface area contributed by atoms with Crippen LogP contribution >= 0.6 is 0 Å². The Morgan fingerprint density at radius 2 is 1.82 bits per heavy atom. The van der Waals surface area contributed by atoms with Gasteiger partial charge in [-0.2, -0.15) is 0 Å². The molecule has 0 unspecified atom stereocenters. The van der Waals surface area contributed by atoms with Gasteiger partial charge in [-0.05, 0) is 27.8 Å². The summed E-state index contributed by atoms with van der Waals surface area (Å²) < 4.78 is 1.84. The Morgan fingerprint density at radius 3 is 2.45 bits per heavy atom. The first-order chi connectivity index (χ1) is 10.3. The summed E-state index contributed by atoms with van der Waals surface area (Å²) in [6, 6.07) is 10.1. The number of aldehydes is 1. The molecule has 0 bridgehead atoms. The molecule has 22 heavy (non-hydrogen) atoms. The Balaban J connectivity index is 2.11. The van der Waals surface area contributed by atoms with Crippen LogP contribution in [0.2, 0.25) is 0 Å². The second-order valence-electron chi connectivity index (χ2n) is 7.36. The minimum atomic E-state index is -0.332. The highest BCUT2D eigenvalue weighted by molar-refractivity contribution is 5.57. The van der Waals surface area contributed by atoms with E-state index in [-0.39, 0.29) is 10.8 Å². The first-order valence-electron chi connectivity index (χ1n) is 7.57. The molecular weight excluding hydrogens is 276 g/mol. The molecule has 0 aliphatic rings. The maximum atomic E-state index is 11.2. The maximum absolute atomic E-state index is 11.2. The van der Waals surface area contributed by atoms with Crippen LogP contribution in [-0.2, 0) is 17.8 Å². The van der Waals surface area contributed by atoms with E-state index in [0.717, 1.165) is 25.0 Å². The Morgan fingerprint density at radius 1 is 1.14 bits per heavy atom. The molecule has 0 atom stereocenters. The van der Waals surface area contributed by atoms with Gasteiger partial charge in [-0.25, -0.2) is 4.68 Å². The number of carbonyl (C=O) groups is 1. The van der Waals surface area contributed by atoms with Crippen molar-refractivity contribution in [1.82, 2.24) is 20.2 Å². The lowest BCUT2D eigenvalue weighted by atomic mass is 9.74. The van der Waals surface area contributed by atoms with Crippen molar-refractivity contribution in [2.75, 3.05) is 0 Å². The van der Waals surface area contributed by atoms with Gasteiger partial charge in [-0.1, -0.05) is 58.0 Å². The van der Waals surface area contributed by atoms with Crippen LogP contribution < -0.4 is 0 Å². The SMILES string of the molecule is CC(C)(C=O)CC(C)(C)Cc1nnnn1Cc1ccccc1. The maximum Gasteiger partial charge on any atom is 0.152 e. The van der Waals surface area contributed by atoms with Crippen LogP contribution in [0, 0.1) is 10.8 Å². The van der Waals surface area contributed by atoms with Crippen LogP contribution in [0.25, 0.3) is 0 Å². The number of tetrazole rings is 1. The number of hydrogen-bond acceptors (Lipinski definition) is 4. The van der Waals surface area contributed by atoms with Gasteiger partial charge in [0.1, 0.15) is 6.29 Å². The van der Waals surface area contributed by atoms with Crippen molar-refractivity contribution in [3.8, 4) is 0 Å². The van der Waals surface area contributed by atoms with Gasteiger partial charge < -0.3 is 4.79 Å². The smallest absolute Gasteiger partial charge is 0.152 e. The zero-order valence-electron chi connectivity index (χ0n) is 13.8. The molecular formula is C17H24N4O. The van der Waals surface area contributed by atoms with Crippen LogP contribution in [0.4, 0.5) is 0 Å². The molecule has 0 radical (unpaired) electrons. The van der Waals surface area contributed by atoms with E-state index < -0.39 is 0 Å². The monoisotopic (exact) mass is 300 g/mol. The first kappa shape index (κ1) is 16.3. The summed E-state index contributed by atoms with van der Waals surface area (Å²) in [6.07, 6.45) is 2.56. The third-order valence-corrected chi connectivity index (χ3v) is 3.67. The molecule has 2 aromatic rings. The van der Waals surface area contributed by atoms with Gasteiger partial charge in [0, 0.05) is 11.8 Å². The standard InChI is InChI=1S/C17H24N4O/c1-16(2,12-17(3,4)13-22)10-15-18-19-20-21(15)11-14-8-6-5-7-9-14/h5-9,13H,10-12H2,1-4H3. The van der Waals surface area contributed by atoms with Crippen molar-refractivity contribution in [1.29, 1.82) is 0 Å². The Hall–Kier alpha value is -2.04. The molecule has 0 saturated heterocycles. The first-order valence-corrected chi connectivity index (χ1v) is 7.57. The lowest BCUT2D eigenvalue weighted by molar-refractivity contribution is -0.116. The largest absolute Gasteiger partial charge is 0.303 e. The van der Waals surface area contributed by atoms with E-state index in [1.54, 1.807) is 0 Å². The molecule has 1 aromatic carbocycles. The summed E-state index contributed by atoms with van der Waals surface area (Å²) in [5.74, 6) is 0.857. The molecule has 1 heterocycles. The van der Waals surface area contributed by atoms with Crippen LogP contribution in [0.3, 0.4) is 0 Å². The minimum absolute atomic E-state index is 0.0481. The molecule has 2 rings (SSSR count). The average Bonchev–Trinajstić information content (AvgIpc) is 2.85. The fraction of sp³-hybridized carbons (Fsp3) is 0.529. The summed E-state index contributed by atoms with van der Waals surface area (Å²) >= 11 is 0. The van der Waals surface area contributed by atoms with Crippen LogP contribution in [0.5, 0.6) is 0 Å². The van der Waals surface area contributed by atoms with E-state index in [1.807, 2.05) is 36.7 Å². The van der Waals surface area contributed by atoms with Crippen molar-refractivity contribution < 1.29 is 4.79 Å². The number of rotatable bonds is 7. The molecule has 5 heteroatoms. The van der Waals surface area contributed by atoms with Crippen LogP contribution in [-0.4, -0.2) is 26.5 Å². The van der Waals surface area contributed by atoms with E-state index >= 15 is 0 Å². The number of carbonyl (C=O) groups excluding carboxylic acids is 1. The molecule has 118 valence electrons. The van der Waals surface area contributed by atoms with Gasteiger partial charge in [0.05, 0.1) is 6.54 Å². The summed E-state index contributed by atoms with van der Waals surface area (Å²) in [7, 11) is 0. The molecule has 0 saturated carbocycles. The zero-order valence-corrected chi connectivity index (χ0v) is 13.8. The third kappa shape index (κ3) is 4.48. The number of aromatic nitrogens is 4. The number of hydrogen-bond donors (Lipinski definition) is 0. The van der Waals surface area contributed by atoms with Crippen molar-refractivity contribution in [3.05, 3.63) is 41.7 Å². The predicted molar refractivity (Wildman–Crippen MR) is 85.3 cm³/mol. The molecule has 0 aliphatic heterocycles. The Kier molecular flexibility index (Phi) is 4.74. The third-order valence-electron chi connectivity index (χ3n) is 3.67. The van der Waals surface area contributed by atoms with Gasteiger partial charge >= 0.3 is 0 Å². The van der Waals surface area contributed by atoms with Gasteiger partial charge in [-0.3, -0.25) is 0 Å². The quantitative estimate of drug-likeness (QED) is 0.738. The van der Waals surface area contributed by atoms with E-state index in [2.05, 4.69) is 41.5 Å². The van der Waals surface area contributed by atoms with Crippen LogP contribution in [0.15, 0.2) is 30.3 Å². The fourth-order valence-corrected chi connectivity index (χ4v) is 2.99. The highest BCUT2D eigenvalue weighted by atomic mass is 16.1. The summed E-state index contributed by atoms with van der Waals surface area (Å²) in [5, 5.41) is 12.1. The van der Waals surface area contributed by atoms with Gasteiger partial charge in [0.15, 0.2) is 5.82 Å². The molecule has 0 amide bonds. The van der Waals surface area contributed by atoms with E-state index in [1.165, 1.54) is 5.56 Å². The molecule has 0 aliphatic carbocycles. The summed E-state index contributed by atoms with van der Waals surface area (Å²) in [4.78, 5) is 11.2. The van der Waals surface area contributed by atoms with E-state index in [4.69, 9.17) is 0 Å². The highest BCUT2D eigenvalue weighted by Crippen LogP contribution is 2.34. The fourth-order valence-electron chi connectivity index (χ4n) is 2.99. The van der Waals surface area contributed by atoms with Crippen molar-refractivity contribution >= 4 is 6.29 Å². The lowest BCUT2D eigenvalue weighted by Gasteiger charge is -2.30. The topological polar surface area (TPSA) is 60.7 Å². The lowest BCUT2D eigenvalue weighted by Crippen LogP contribution is -2.27. The number of nitrogens with zero attached hydrogens (tertiary/aromatic N) is 4. The number of benzene rings is 1. The molecule has 0 fully saturated rings. The van der Waals surface area contributed by atoms with Gasteiger partial charge in [0.2, 0.25) is 0 Å². The minimum Gasteiger partial charge on any atom is -0.303 e. The van der Waals surface area contributed by atoms with Crippen LogP contribution in [0.1, 0.15) is 45.5 Å². The second-order valence-corrected chi connectivity index (χ2v) is 7.36. The molecule has 0 N–H and O–H groups in total. The molecule has 0 spiro atoms. The summed E-state index contributed by atoms with van der Waals surface area (Å²) in [6.45, 7) is 8.90. The second kappa shape index (κ2) is 6.38. The van der Waals surface area contributed by atoms with Crippen molar-refractivity contribution in [3.63, 3.8) is 0 Å². The van der Waals surface area contributed by atoms with E-state index in [9.17, 15) is 4.79 Å². The zero-order chi connectivity index (χ0) is 16.2. The van der Waals surface area contributed by atoms with Crippen molar-refractivity contribution in [2.24, 2.45) is 10.8 Å². The Labute approximate surface area is 131 Å². The molecule has 5 nitrogen and oxygen atoms in total. The van der Waals surface area contributed by atoms with E-state index in [0.29, 0.717) is 6.54 Å².